The minimum atomic E-state index is 0.315. The maximum absolute atomic E-state index is 5.59. The van der Waals surface area contributed by atoms with Crippen LogP contribution in [0.25, 0.3) is 10.2 Å². The summed E-state index contributed by atoms with van der Waals surface area (Å²) in [5.74, 6) is 6.23. The summed E-state index contributed by atoms with van der Waals surface area (Å²) in [5.41, 5.74) is 3.98. The second-order valence-electron chi connectivity index (χ2n) is 4.77. The molecule has 3 N–H and O–H groups in total. The Morgan fingerprint density at radius 2 is 2.12 bits per heavy atom. The number of aromatic nitrogens is 1. The van der Waals surface area contributed by atoms with Crippen molar-refractivity contribution in [2.24, 2.45) is 11.8 Å². The van der Waals surface area contributed by atoms with Gasteiger partial charge < -0.3 is 0 Å². The number of para-hydroxylation sites is 1. The van der Waals surface area contributed by atoms with Gasteiger partial charge in [0.15, 0.2) is 0 Å². The van der Waals surface area contributed by atoms with Crippen LogP contribution in [0.1, 0.15) is 25.3 Å². The Hall–Kier alpha value is -0.970. The lowest BCUT2D eigenvalue weighted by atomic mass is 10.0. The van der Waals surface area contributed by atoms with Crippen LogP contribution < -0.4 is 11.3 Å². The molecule has 0 saturated carbocycles. The molecule has 1 aromatic heterocycles. The number of nitrogens with two attached hydrogens (primary N) is 1. The van der Waals surface area contributed by atoms with Gasteiger partial charge in [0.05, 0.1) is 15.2 Å². The number of nitrogens with one attached hydrogen (secondary N) is 1. The van der Waals surface area contributed by atoms with E-state index in [4.69, 9.17) is 5.84 Å². The summed E-state index contributed by atoms with van der Waals surface area (Å²) in [6.07, 6.45) is 1.99. The number of fused-ring (bicyclic) bond motifs is 1. The first-order chi connectivity index (χ1) is 8.19. The molecule has 0 spiro atoms. The maximum atomic E-state index is 5.59. The molecular weight excluding hydrogens is 230 g/mol. The number of benzene rings is 1. The monoisotopic (exact) mass is 249 g/mol. The van der Waals surface area contributed by atoms with Crippen LogP contribution in [0.4, 0.5) is 0 Å². The Morgan fingerprint density at radius 1 is 1.35 bits per heavy atom. The van der Waals surface area contributed by atoms with E-state index in [1.165, 1.54) is 4.70 Å². The van der Waals surface area contributed by atoms with Crippen LogP contribution >= 0.6 is 11.3 Å². The van der Waals surface area contributed by atoms with Crippen molar-refractivity contribution in [3.05, 3.63) is 29.3 Å². The Labute approximate surface area is 106 Å². The molecule has 0 aliphatic heterocycles. The van der Waals surface area contributed by atoms with Crippen molar-refractivity contribution in [2.75, 3.05) is 0 Å². The van der Waals surface area contributed by atoms with E-state index in [0.29, 0.717) is 12.0 Å². The third-order valence-electron chi connectivity index (χ3n) is 2.75. The van der Waals surface area contributed by atoms with E-state index in [9.17, 15) is 0 Å². The van der Waals surface area contributed by atoms with Gasteiger partial charge in [-0.3, -0.25) is 11.3 Å². The molecule has 0 saturated heterocycles. The molecule has 1 atom stereocenters. The quantitative estimate of drug-likeness (QED) is 0.633. The molecule has 0 aliphatic rings. The summed E-state index contributed by atoms with van der Waals surface area (Å²) in [6.45, 7) is 4.42. The average Bonchev–Trinajstić information content (AvgIpc) is 2.69. The molecule has 17 heavy (non-hydrogen) atoms. The molecule has 0 fully saturated rings. The first kappa shape index (κ1) is 12.5. The van der Waals surface area contributed by atoms with E-state index in [1.807, 2.05) is 6.07 Å². The Bertz CT molecular complexity index is 445. The molecule has 0 radical (unpaired) electrons. The van der Waals surface area contributed by atoms with Crippen molar-refractivity contribution in [3.63, 3.8) is 0 Å². The molecule has 2 aromatic rings. The molecule has 4 heteroatoms. The molecule has 0 aliphatic carbocycles. The van der Waals surface area contributed by atoms with Gasteiger partial charge >= 0.3 is 0 Å². The zero-order valence-electron chi connectivity index (χ0n) is 10.3. The van der Waals surface area contributed by atoms with Gasteiger partial charge in [0.25, 0.3) is 0 Å². The molecule has 1 heterocycles. The van der Waals surface area contributed by atoms with Crippen molar-refractivity contribution in [1.82, 2.24) is 10.4 Å². The van der Waals surface area contributed by atoms with Crippen molar-refractivity contribution in [2.45, 2.75) is 32.7 Å². The molecular formula is C13H19N3S. The highest BCUT2D eigenvalue weighted by Crippen LogP contribution is 2.23. The first-order valence-electron chi connectivity index (χ1n) is 5.99. The molecule has 1 aromatic carbocycles. The fourth-order valence-corrected chi connectivity index (χ4v) is 3.04. The van der Waals surface area contributed by atoms with Crippen molar-refractivity contribution >= 4 is 21.6 Å². The van der Waals surface area contributed by atoms with Crippen molar-refractivity contribution < 1.29 is 0 Å². The third-order valence-corrected chi connectivity index (χ3v) is 3.81. The lowest BCUT2D eigenvalue weighted by Crippen LogP contribution is -2.37. The van der Waals surface area contributed by atoms with Crippen LogP contribution in [0.15, 0.2) is 24.3 Å². The van der Waals surface area contributed by atoms with Gasteiger partial charge in [-0.05, 0) is 24.5 Å². The summed E-state index contributed by atoms with van der Waals surface area (Å²) < 4.78 is 1.25. The molecule has 0 amide bonds. The summed E-state index contributed by atoms with van der Waals surface area (Å²) in [4.78, 5) is 4.63. The molecule has 1 unspecified atom stereocenters. The number of hydrazine groups is 1. The van der Waals surface area contributed by atoms with E-state index in [1.54, 1.807) is 11.3 Å². The Balaban J connectivity index is 2.11. The van der Waals surface area contributed by atoms with Gasteiger partial charge in [0.2, 0.25) is 0 Å². The van der Waals surface area contributed by atoms with Crippen LogP contribution in [-0.4, -0.2) is 11.0 Å². The van der Waals surface area contributed by atoms with Crippen LogP contribution in [0.5, 0.6) is 0 Å². The highest BCUT2D eigenvalue weighted by molar-refractivity contribution is 7.18. The van der Waals surface area contributed by atoms with Crippen LogP contribution in [0, 0.1) is 5.92 Å². The van der Waals surface area contributed by atoms with E-state index >= 15 is 0 Å². The number of hydrogen-bond donors (Lipinski definition) is 2. The fourth-order valence-electron chi connectivity index (χ4n) is 2.00. The summed E-state index contributed by atoms with van der Waals surface area (Å²) in [6, 6.07) is 8.57. The zero-order valence-corrected chi connectivity index (χ0v) is 11.1. The molecule has 0 bridgehead atoms. The Kier molecular flexibility index (Phi) is 4.10. The van der Waals surface area contributed by atoms with E-state index in [0.717, 1.165) is 23.4 Å². The van der Waals surface area contributed by atoms with Gasteiger partial charge in [-0.1, -0.05) is 26.0 Å². The fraction of sp³-hybridized carbons (Fsp3) is 0.462. The van der Waals surface area contributed by atoms with Gasteiger partial charge in [0, 0.05) is 12.5 Å². The standard InChI is InChI=1S/C13H19N3S/c1-9(2)7-10(16-14)8-13-15-11-5-3-4-6-12(11)17-13/h3-6,9-10,16H,7-8,14H2,1-2H3. The van der Waals surface area contributed by atoms with Crippen LogP contribution in [-0.2, 0) is 6.42 Å². The summed E-state index contributed by atoms with van der Waals surface area (Å²) in [5, 5.41) is 1.16. The summed E-state index contributed by atoms with van der Waals surface area (Å²) >= 11 is 1.76. The second kappa shape index (κ2) is 5.58. The minimum absolute atomic E-state index is 0.315. The second-order valence-corrected chi connectivity index (χ2v) is 5.89. The van der Waals surface area contributed by atoms with Crippen LogP contribution in [0.2, 0.25) is 0 Å². The number of rotatable bonds is 5. The minimum Gasteiger partial charge on any atom is -0.271 e. The van der Waals surface area contributed by atoms with Gasteiger partial charge in [-0.25, -0.2) is 4.98 Å². The van der Waals surface area contributed by atoms with E-state index in [2.05, 4.69) is 42.5 Å². The number of nitrogens with zero attached hydrogens (tertiary/aromatic N) is 1. The maximum Gasteiger partial charge on any atom is 0.0954 e. The summed E-state index contributed by atoms with van der Waals surface area (Å²) in [7, 11) is 0. The molecule has 3 nitrogen and oxygen atoms in total. The zero-order chi connectivity index (χ0) is 12.3. The largest absolute Gasteiger partial charge is 0.271 e. The van der Waals surface area contributed by atoms with Crippen molar-refractivity contribution in [1.29, 1.82) is 0 Å². The van der Waals surface area contributed by atoms with Crippen molar-refractivity contribution in [3.8, 4) is 0 Å². The lowest BCUT2D eigenvalue weighted by Gasteiger charge is -2.16. The van der Waals surface area contributed by atoms with Gasteiger partial charge in [0.1, 0.15) is 0 Å². The molecule has 2 rings (SSSR count). The van der Waals surface area contributed by atoms with Gasteiger partial charge in [-0.15, -0.1) is 11.3 Å². The third kappa shape index (κ3) is 3.25. The normalized spacial score (nSPS) is 13.4. The average molecular weight is 249 g/mol. The first-order valence-corrected chi connectivity index (χ1v) is 6.81. The topological polar surface area (TPSA) is 50.9 Å². The number of thiazole rings is 1. The van der Waals surface area contributed by atoms with Gasteiger partial charge in [-0.2, -0.15) is 0 Å². The smallest absolute Gasteiger partial charge is 0.0954 e. The predicted molar refractivity (Wildman–Crippen MR) is 73.9 cm³/mol. The highest BCUT2D eigenvalue weighted by atomic mass is 32.1. The van der Waals surface area contributed by atoms with E-state index < -0.39 is 0 Å². The lowest BCUT2D eigenvalue weighted by molar-refractivity contribution is 0.423. The predicted octanol–water partition coefficient (Wildman–Crippen LogP) is 2.72. The Morgan fingerprint density at radius 3 is 2.76 bits per heavy atom. The number of hydrogen-bond acceptors (Lipinski definition) is 4. The molecule has 92 valence electrons. The van der Waals surface area contributed by atoms with E-state index in [-0.39, 0.29) is 0 Å². The SMILES string of the molecule is CC(C)CC(Cc1nc2ccccc2s1)NN. The highest BCUT2D eigenvalue weighted by Gasteiger charge is 2.12. The van der Waals surface area contributed by atoms with Crippen LogP contribution in [0.3, 0.4) is 0 Å².